The van der Waals surface area contributed by atoms with Crippen LogP contribution in [0.25, 0.3) is 0 Å². The second-order valence-corrected chi connectivity index (χ2v) is 5.38. The molecule has 1 aliphatic heterocycles. The molecule has 136 valence electrons. The Morgan fingerprint density at radius 2 is 1.96 bits per heavy atom. The summed E-state index contributed by atoms with van der Waals surface area (Å²) in [5.41, 5.74) is 2.57. The molecule has 1 aliphatic rings. The van der Waals surface area contributed by atoms with Crippen molar-refractivity contribution in [3.63, 3.8) is 0 Å². The minimum Gasteiger partial charge on any atom is -0.394 e. The number of nitrogens with two attached hydrogens (primary N) is 1. The monoisotopic (exact) mass is 341 g/mol. The maximum absolute atomic E-state index is 10.9. The Morgan fingerprint density at radius 3 is 2.43 bits per heavy atom. The first-order valence-corrected chi connectivity index (χ1v) is 6.90. The fourth-order valence-corrected chi connectivity index (χ4v) is 2.16. The summed E-state index contributed by atoms with van der Waals surface area (Å²) in [6.07, 6.45) is -11.4. The van der Waals surface area contributed by atoms with Crippen LogP contribution in [-0.4, -0.2) is 104 Å². The van der Waals surface area contributed by atoms with Gasteiger partial charge < -0.3 is 45.2 Å². The van der Waals surface area contributed by atoms with Crippen LogP contribution in [0.3, 0.4) is 0 Å². The molecule has 0 aromatic carbocycles. The van der Waals surface area contributed by atoms with E-state index in [0.717, 1.165) is 0 Å². The molecule has 0 bridgehead atoms. The second kappa shape index (κ2) is 8.39. The molecule has 23 heavy (non-hydrogen) atoms. The Kier molecular flexibility index (Phi) is 7.41. The number of carbonyl (C=O) groups excluding carboxylic acids is 1. The van der Waals surface area contributed by atoms with Gasteiger partial charge in [-0.2, -0.15) is 0 Å². The summed E-state index contributed by atoms with van der Waals surface area (Å²) in [6, 6.07) is 0. The first-order valence-electron chi connectivity index (χ1n) is 6.90. The molecule has 0 saturated carbocycles. The number of ether oxygens (including phenoxy) is 2. The van der Waals surface area contributed by atoms with Gasteiger partial charge in [-0.3, -0.25) is 10.5 Å². The largest absolute Gasteiger partial charge is 0.394 e. The van der Waals surface area contributed by atoms with Crippen LogP contribution in [0.4, 0.5) is 0 Å². The Bertz CT molecular complexity index is 381. The lowest BCUT2D eigenvalue weighted by Crippen LogP contribution is -2.63. The minimum atomic E-state index is -2.73. The summed E-state index contributed by atoms with van der Waals surface area (Å²) in [6.45, 7) is -1.55. The van der Waals surface area contributed by atoms with Gasteiger partial charge in [-0.1, -0.05) is 0 Å². The van der Waals surface area contributed by atoms with Crippen molar-refractivity contribution in [1.29, 1.82) is 0 Å². The Hall–Kier alpha value is -0.730. The zero-order valence-corrected chi connectivity index (χ0v) is 12.2. The first kappa shape index (κ1) is 20.3. The van der Waals surface area contributed by atoms with E-state index < -0.39 is 61.9 Å². The van der Waals surface area contributed by atoms with Crippen LogP contribution < -0.4 is 5.73 Å². The zero-order chi connectivity index (χ0) is 17.8. The molecule has 0 unspecified atom stereocenters. The highest BCUT2D eigenvalue weighted by Gasteiger charge is 2.46. The number of hydrogen-bond donors (Lipinski definition) is 8. The summed E-state index contributed by atoms with van der Waals surface area (Å²) in [5, 5.41) is 66.3. The second-order valence-electron chi connectivity index (χ2n) is 5.38. The van der Waals surface area contributed by atoms with Gasteiger partial charge in [0.25, 0.3) is 0 Å². The normalized spacial score (nSPS) is 35.1. The molecule has 0 spiro atoms. The van der Waals surface area contributed by atoms with Crippen molar-refractivity contribution >= 4 is 6.29 Å². The predicted octanol–water partition coefficient (Wildman–Crippen LogP) is -5.24. The van der Waals surface area contributed by atoms with Gasteiger partial charge in [0.1, 0.15) is 30.5 Å². The quantitative estimate of drug-likeness (QED) is 0.155. The van der Waals surface area contributed by atoms with E-state index in [4.69, 9.17) is 25.4 Å². The topological polar surface area (TPSA) is 203 Å². The Morgan fingerprint density at radius 1 is 1.35 bits per heavy atom. The number of carbonyl (C=O) groups is 1. The van der Waals surface area contributed by atoms with Crippen molar-refractivity contribution in [2.24, 2.45) is 5.73 Å². The first-order chi connectivity index (χ1) is 10.7. The zero-order valence-electron chi connectivity index (χ0n) is 12.2. The van der Waals surface area contributed by atoms with E-state index in [0.29, 0.717) is 0 Å². The van der Waals surface area contributed by atoms with Crippen molar-refractivity contribution < 1.29 is 50.0 Å². The fourth-order valence-electron chi connectivity index (χ4n) is 2.16. The van der Waals surface area contributed by atoms with Gasteiger partial charge in [0.15, 0.2) is 18.3 Å². The third-order valence-electron chi connectivity index (χ3n) is 3.55. The van der Waals surface area contributed by atoms with Crippen LogP contribution in [0.5, 0.6) is 0 Å². The lowest BCUT2D eigenvalue weighted by Gasteiger charge is -2.40. The van der Waals surface area contributed by atoms with Crippen molar-refractivity contribution in [1.82, 2.24) is 0 Å². The molecule has 9 N–H and O–H groups in total. The maximum atomic E-state index is 10.9. The number of rotatable bonds is 8. The summed E-state index contributed by atoms with van der Waals surface area (Å²) in [7, 11) is 0. The Labute approximate surface area is 131 Å². The highest BCUT2D eigenvalue weighted by Crippen LogP contribution is 2.25. The molecular formula is C12H23NO10. The van der Waals surface area contributed by atoms with E-state index in [1.54, 1.807) is 0 Å². The van der Waals surface area contributed by atoms with Crippen LogP contribution in [-0.2, 0) is 14.3 Å². The van der Waals surface area contributed by atoms with Crippen molar-refractivity contribution in [3.05, 3.63) is 0 Å². The van der Waals surface area contributed by atoms with Gasteiger partial charge in [0.2, 0.25) is 0 Å². The molecule has 0 amide bonds. The molecule has 1 saturated heterocycles. The molecule has 0 radical (unpaired) electrons. The lowest BCUT2D eigenvalue weighted by atomic mass is 9.98. The molecular weight excluding hydrogens is 318 g/mol. The number of aldehydes is 1. The highest BCUT2D eigenvalue weighted by molar-refractivity contribution is 5.62. The molecule has 1 rings (SSSR count). The van der Waals surface area contributed by atoms with Gasteiger partial charge in [-0.15, -0.1) is 0 Å². The smallest absolute Gasteiger partial charge is 0.199 e. The molecule has 11 nitrogen and oxygen atoms in total. The molecule has 0 aromatic rings. The van der Waals surface area contributed by atoms with Crippen LogP contribution in [0.15, 0.2) is 0 Å². The fraction of sp³-hybridized carbons (Fsp3) is 0.917. The average molecular weight is 341 g/mol. The number of aliphatic hydroxyl groups is 7. The van der Waals surface area contributed by atoms with E-state index in [9.17, 15) is 30.3 Å². The maximum Gasteiger partial charge on any atom is 0.199 e. The van der Waals surface area contributed by atoms with Crippen LogP contribution in [0.2, 0.25) is 0 Å². The van der Waals surface area contributed by atoms with E-state index in [1.807, 2.05) is 0 Å². The lowest BCUT2D eigenvalue weighted by molar-refractivity contribution is -0.297. The SMILES string of the molecule is N[C@](O)(C=O)[C@@H](O[C@H]1C[C@@H](O)[C@H](O)[C@@H](CO)O1)[C@@H](O)[C@H](O)CO. The van der Waals surface area contributed by atoms with Crippen molar-refractivity contribution in [3.8, 4) is 0 Å². The van der Waals surface area contributed by atoms with Gasteiger partial charge in [-0.25, -0.2) is 0 Å². The summed E-state index contributed by atoms with van der Waals surface area (Å²) >= 11 is 0. The Balaban J connectivity index is 2.90. The van der Waals surface area contributed by atoms with Crippen LogP contribution in [0, 0.1) is 0 Å². The molecule has 1 fully saturated rings. The van der Waals surface area contributed by atoms with E-state index >= 15 is 0 Å². The van der Waals surface area contributed by atoms with Crippen LogP contribution >= 0.6 is 0 Å². The van der Waals surface area contributed by atoms with Crippen LogP contribution in [0.1, 0.15) is 6.42 Å². The molecule has 0 aliphatic carbocycles. The van der Waals surface area contributed by atoms with Gasteiger partial charge in [0, 0.05) is 6.42 Å². The standard InChI is InChI=1S/C12H23NO10/c13-12(21,4-16)11(10(20)6(18)2-14)23-8-1-5(17)9(19)7(3-15)22-8/h4-11,14-15,17-21H,1-3,13H2/t5-,6-,7-,8+,9+,10+,11+,12+/m1/s1. The van der Waals surface area contributed by atoms with E-state index in [-0.39, 0.29) is 12.7 Å². The molecule has 1 heterocycles. The molecule has 11 heteroatoms. The van der Waals surface area contributed by atoms with E-state index in [2.05, 4.69) is 0 Å². The highest BCUT2D eigenvalue weighted by atomic mass is 16.7. The molecule has 0 aromatic heterocycles. The summed E-state index contributed by atoms with van der Waals surface area (Å²) in [5.74, 6) is 0. The third-order valence-corrected chi connectivity index (χ3v) is 3.55. The van der Waals surface area contributed by atoms with Gasteiger partial charge >= 0.3 is 0 Å². The summed E-state index contributed by atoms with van der Waals surface area (Å²) in [4.78, 5) is 10.9. The third kappa shape index (κ3) is 4.87. The van der Waals surface area contributed by atoms with Gasteiger partial charge in [-0.05, 0) is 0 Å². The molecule has 8 atom stereocenters. The predicted molar refractivity (Wildman–Crippen MR) is 71.6 cm³/mol. The number of aliphatic hydroxyl groups excluding tert-OH is 6. The summed E-state index contributed by atoms with van der Waals surface area (Å²) < 4.78 is 10.3. The minimum absolute atomic E-state index is 0.136. The van der Waals surface area contributed by atoms with Crippen molar-refractivity contribution in [2.45, 2.75) is 55.1 Å². The van der Waals surface area contributed by atoms with Crippen molar-refractivity contribution in [2.75, 3.05) is 13.2 Å². The average Bonchev–Trinajstić information content (AvgIpc) is 2.53. The number of hydrogen-bond acceptors (Lipinski definition) is 11. The van der Waals surface area contributed by atoms with Gasteiger partial charge in [0.05, 0.1) is 19.3 Å². The van der Waals surface area contributed by atoms with E-state index in [1.165, 1.54) is 0 Å².